The molecule has 1 fully saturated rings. The molecule has 0 aromatic rings. The van der Waals surface area contributed by atoms with Crippen molar-refractivity contribution in [3.8, 4) is 0 Å². The van der Waals surface area contributed by atoms with Crippen LogP contribution in [0.25, 0.3) is 0 Å². The molecule has 2 atom stereocenters. The van der Waals surface area contributed by atoms with E-state index in [0.717, 1.165) is 6.26 Å². The summed E-state index contributed by atoms with van der Waals surface area (Å²) in [5, 5.41) is 2.90. The third-order valence-electron chi connectivity index (χ3n) is 4.48. The molecule has 0 heterocycles. The Labute approximate surface area is 134 Å². The molecule has 130 valence electrons. The van der Waals surface area contributed by atoms with Gasteiger partial charge in [0.05, 0.1) is 11.8 Å². The summed E-state index contributed by atoms with van der Waals surface area (Å²) >= 11 is 0. The normalized spacial score (nSPS) is 19.9. The predicted octanol–water partition coefficient (Wildman–Crippen LogP) is 0.375. The molecule has 22 heavy (non-hydrogen) atoms. The number of rotatable bonds is 8. The molecular weight excluding hydrogens is 302 g/mol. The summed E-state index contributed by atoms with van der Waals surface area (Å²) < 4.78 is 22.3. The van der Waals surface area contributed by atoms with Crippen molar-refractivity contribution in [3.63, 3.8) is 0 Å². The number of nitrogens with one attached hydrogen (secondary N) is 1. The van der Waals surface area contributed by atoms with Gasteiger partial charge in [0.1, 0.15) is 9.84 Å². The van der Waals surface area contributed by atoms with Crippen molar-refractivity contribution >= 4 is 15.7 Å². The maximum absolute atomic E-state index is 12.0. The average molecular weight is 333 g/mol. The molecular formula is C15H31N3O3S. The lowest BCUT2D eigenvalue weighted by Gasteiger charge is -2.35. The molecule has 7 heteroatoms. The predicted molar refractivity (Wildman–Crippen MR) is 89.4 cm³/mol. The SMILES string of the molecule is CN(C)C(CNC(=O)C(N)CCS(C)(=O)=O)C1CCCCC1. The molecule has 1 amide bonds. The molecule has 0 saturated heterocycles. The largest absolute Gasteiger partial charge is 0.353 e. The van der Waals surface area contributed by atoms with E-state index in [-0.39, 0.29) is 18.1 Å². The minimum atomic E-state index is -3.08. The van der Waals surface area contributed by atoms with Gasteiger partial charge in [0.2, 0.25) is 5.91 Å². The number of carbonyl (C=O) groups is 1. The zero-order chi connectivity index (χ0) is 16.8. The van der Waals surface area contributed by atoms with Gasteiger partial charge in [-0.15, -0.1) is 0 Å². The van der Waals surface area contributed by atoms with Gasteiger partial charge >= 0.3 is 0 Å². The summed E-state index contributed by atoms with van der Waals surface area (Å²) in [4.78, 5) is 14.2. The Balaban J connectivity index is 2.44. The van der Waals surface area contributed by atoms with E-state index in [0.29, 0.717) is 18.5 Å². The third kappa shape index (κ3) is 7.07. The molecule has 0 spiro atoms. The molecule has 0 aromatic carbocycles. The van der Waals surface area contributed by atoms with Crippen molar-refractivity contribution in [2.75, 3.05) is 32.6 Å². The molecule has 1 rings (SSSR count). The highest BCUT2D eigenvalue weighted by Gasteiger charge is 2.26. The standard InChI is InChI=1S/C15H31N3O3S/c1-18(2)14(12-7-5-4-6-8-12)11-17-15(19)13(16)9-10-22(3,20)21/h12-14H,4-11,16H2,1-3H3,(H,17,19). The van der Waals surface area contributed by atoms with Crippen molar-refractivity contribution in [2.24, 2.45) is 11.7 Å². The number of nitrogens with zero attached hydrogens (tertiary/aromatic N) is 1. The van der Waals surface area contributed by atoms with E-state index in [1.54, 1.807) is 0 Å². The Bertz CT molecular complexity index is 445. The Hall–Kier alpha value is -0.660. The highest BCUT2D eigenvalue weighted by molar-refractivity contribution is 7.90. The Morgan fingerprint density at radius 3 is 2.36 bits per heavy atom. The first-order valence-electron chi connectivity index (χ1n) is 8.08. The Morgan fingerprint density at radius 2 is 1.86 bits per heavy atom. The van der Waals surface area contributed by atoms with Crippen LogP contribution in [0.5, 0.6) is 0 Å². The lowest BCUT2D eigenvalue weighted by Crippen LogP contribution is -2.49. The number of carbonyl (C=O) groups excluding carboxylic acids is 1. The number of hydrogen-bond acceptors (Lipinski definition) is 5. The molecule has 1 aliphatic rings. The van der Waals surface area contributed by atoms with Gasteiger partial charge in [0.25, 0.3) is 0 Å². The maximum Gasteiger partial charge on any atom is 0.237 e. The molecule has 1 aliphatic carbocycles. The van der Waals surface area contributed by atoms with Crippen LogP contribution in [0.1, 0.15) is 38.5 Å². The van der Waals surface area contributed by atoms with Gasteiger partial charge in [0, 0.05) is 18.8 Å². The average Bonchev–Trinajstić information content (AvgIpc) is 2.44. The van der Waals surface area contributed by atoms with E-state index >= 15 is 0 Å². The highest BCUT2D eigenvalue weighted by Crippen LogP contribution is 2.28. The first-order valence-corrected chi connectivity index (χ1v) is 10.1. The second kappa shape index (κ2) is 8.84. The van der Waals surface area contributed by atoms with Crippen LogP contribution in [0, 0.1) is 5.92 Å². The van der Waals surface area contributed by atoms with Crippen LogP contribution in [0.15, 0.2) is 0 Å². The van der Waals surface area contributed by atoms with Crippen molar-refractivity contribution < 1.29 is 13.2 Å². The van der Waals surface area contributed by atoms with Gasteiger partial charge in [-0.05, 0) is 39.3 Å². The second-order valence-corrected chi connectivity index (χ2v) is 8.96. The maximum atomic E-state index is 12.0. The molecule has 3 N–H and O–H groups in total. The molecule has 0 radical (unpaired) electrons. The van der Waals surface area contributed by atoms with E-state index in [4.69, 9.17) is 5.73 Å². The smallest absolute Gasteiger partial charge is 0.237 e. The van der Waals surface area contributed by atoms with E-state index in [1.165, 1.54) is 32.1 Å². The fraction of sp³-hybridized carbons (Fsp3) is 0.933. The molecule has 0 aliphatic heterocycles. The van der Waals surface area contributed by atoms with E-state index < -0.39 is 15.9 Å². The van der Waals surface area contributed by atoms with Crippen LogP contribution >= 0.6 is 0 Å². The van der Waals surface area contributed by atoms with Crippen molar-refractivity contribution in [3.05, 3.63) is 0 Å². The number of likely N-dealkylation sites (N-methyl/N-ethyl adjacent to an activating group) is 1. The molecule has 2 unspecified atom stereocenters. The fourth-order valence-electron chi connectivity index (χ4n) is 3.10. The summed E-state index contributed by atoms with van der Waals surface area (Å²) in [6, 6.07) is -0.449. The minimum Gasteiger partial charge on any atom is -0.353 e. The van der Waals surface area contributed by atoms with Crippen molar-refractivity contribution in [1.29, 1.82) is 0 Å². The summed E-state index contributed by atoms with van der Waals surface area (Å²) in [6.45, 7) is 0.572. The first kappa shape index (κ1) is 19.4. The highest BCUT2D eigenvalue weighted by atomic mass is 32.2. The quantitative estimate of drug-likeness (QED) is 0.670. The van der Waals surface area contributed by atoms with E-state index in [2.05, 4.69) is 10.2 Å². The van der Waals surface area contributed by atoms with Gasteiger partial charge in [-0.2, -0.15) is 0 Å². The summed E-state index contributed by atoms with van der Waals surface area (Å²) in [5.74, 6) is 0.295. The van der Waals surface area contributed by atoms with Gasteiger partial charge in [0.15, 0.2) is 0 Å². The van der Waals surface area contributed by atoms with Crippen molar-refractivity contribution in [2.45, 2.75) is 50.6 Å². The third-order valence-corrected chi connectivity index (χ3v) is 5.46. The fourth-order valence-corrected chi connectivity index (χ4v) is 3.78. The number of nitrogens with two attached hydrogens (primary N) is 1. The minimum absolute atomic E-state index is 0.0542. The van der Waals surface area contributed by atoms with Crippen LogP contribution < -0.4 is 11.1 Å². The van der Waals surface area contributed by atoms with Crippen LogP contribution in [0.3, 0.4) is 0 Å². The molecule has 1 saturated carbocycles. The Kier molecular flexibility index (Phi) is 7.79. The van der Waals surface area contributed by atoms with Crippen LogP contribution in [0.4, 0.5) is 0 Å². The van der Waals surface area contributed by atoms with Gasteiger partial charge in [-0.25, -0.2) is 8.42 Å². The number of sulfone groups is 1. The summed E-state index contributed by atoms with van der Waals surface area (Å²) in [6.07, 6.45) is 7.56. The molecule has 0 bridgehead atoms. The van der Waals surface area contributed by atoms with Gasteiger partial charge in [-0.1, -0.05) is 19.3 Å². The lowest BCUT2D eigenvalue weighted by atomic mass is 9.83. The monoisotopic (exact) mass is 333 g/mol. The number of amides is 1. The topological polar surface area (TPSA) is 92.5 Å². The number of hydrogen-bond donors (Lipinski definition) is 2. The van der Waals surface area contributed by atoms with Crippen LogP contribution in [-0.2, 0) is 14.6 Å². The van der Waals surface area contributed by atoms with Crippen LogP contribution in [0.2, 0.25) is 0 Å². The molecule has 0 aromatic heterocycles. The van der Waals surface area contributed by atoms with Crippen LogP contribution in [-0.4, -0.2) is 64.0 Å². The summed E-state index contributed by atoms with van der Waals surface area (Å²) in [7, 11) is 0.991. The van der Waals surface area contributed by atoms with Crippen molar-refractivity contribution in [1.82, 2.24) is 10.2 Å². The summed E-state index contributed by atoms with van der Waals surface area (Å²) in [5.41, 5.74) is 5.78. The first-order chi connectivity index (χ1) is 10.2. The molecule has 6 nitrogen and oxygen atoms in total. The van der Waals surface area contributed by atoms with E-state index in [1.807, 2.05) is 14.1 Å². The Morgan fingerprint density at radius 1 is 1.27 bits per heavy atom. The van der Waals surface area contributed by atoms with Gasteiger partial charge in [-0.3, -0.25) is 4.79 Å². The van der Waals surface area contributed by atoms with Gasteiger partial charge < -0.3 is 16.0 Å². The zero-order valence-corrected chi connectivity index (χ0v) is 14.9. The van der Waals surface area contributed by atoms with E-state index in [9.17, 15) is 13.2 Å². The lowest BCUT2D eigenvalue weighted by molar-refractivity contribution is -0.122. The second-order valence-electron chi connectivity index (χ2n) is 6.70. The zero-order valence-electron chi connectivity index (χ0n) is 14.0.